The smallest absolute Gasteiger partial charge is 0.341 e. The molecular formula is C14H15BrF3N3O2S. The Morgan fingerprint density at radius 1 is 1.42 bits per heavy atom. The van der Waals surface area contributed by atoms with E-state index in [0.29, 0.717) is 25.2 Å². The minimum Gasteiger partial charge on any atom is -0.341 e. The molecular weight excluding hydrogens is 411 g/mol. The number of hydrogen-bond acceptors (Lipinski definition) is 4. The van der Waals surface area contributed by atoms with E-state index in [9.17, 15) is 22.8 Å². The van der Waals surface area contributed by atoms with Crippen molar-refractivity contribution < 1.29 is 22.8 Å². The lowest BCUT2D eigenvalue weighted by Crippen LogP contribution is -2.44. The van der Waals surface area contributed by atoms with Crippen LogP contribution < -0.4 is 5.32 Å². The van der Waals surface area contributed by atoms with Gasteiger partial charge in [-0.2, -0.15) is 13.2 Å². The monoisotopic (exact) mass is 425 g/mol. The van der Waals surface area contributed by atoms with Crippen molar-refractivity contribution in [2.45, 2.75) is 18.3 Å². The number of hydrogen-bond donors (Lipinski definition) is 1. The Bertz CT molecular complexity index is 598. The summed E-state index contributed by atoms with van der Waals surface area (Å²) in [6.45, 7) is 0.497. The first-order valence-corrected chi connectivity index (χ1v) is 8.93. The molecule has 2 heterocycles. The summed E-state index contributed by atoms with van der Waals surface area (Å²) in [6.07, 6.45) is 2.70. The number of likely N-dealkylation sites (tertiary alicyclic amines) is 1. The number of carbonyl (C=O) groups excluding carboxylic acids is 2. The van der Waals surface area contributed by atoms with Gasteiger partial charge in [-0.15, -0.1) is 0 Å². The molecule has 0 aromatic carbocycles. The molecule has 1 aliphatic heterocycles. The topological polar surface area (TPSA) is 62.3 Å². The van der Waals surface area contributed by atoms with E-state index in [1.165, 1.54) is 4.90 Å². The molecule has 1 aromatic rings. The average molecular weight is 426 g/mol. The van der Waals surface area contributed by atoms with Crippen molar-refractivity contribution in [2.75, 3.05) is 24.2 Å². The van der Waals surface area contributed by atoms with Gasteiger partial charge in [-0.3, -0.25) is 9.59 Å². The lowest BCUT2D eigenvalue weighted by atomic mass is 9.97. The van der Waals surface area contributed by atoms with Gasteiger partial charge in [0, 0.05) is 23.8 Å². The summed E-state index contributed by atoms with van der Waals surface area (Å²) < 4.78 is 37.3. The molecule has 0 radical (unpaired) electrons. The summed E-state index contributed by atoms with van der Waals surface area (Å²) in [5.74, 6) is -1.61. The van der Waals surface area contributed by atoms with Crippen LogP contribution in [0.5, 0.6) is 0 Å². The van der Waals surface area contributed by atoms with E-state index in [1.807, 2.05) is 0 Å². The number of nitrogens with one attached hydrogen (secondary N) is 1. The Hall–Kier alpha value is -1.29. The zero-order valence-corrected chi connectivity index (χ0v) is 14.9. The highest BCUT2D eigenvalue weighted by Gasteiger charge is 2.33. The zero-order valence-electron chi connectivity index (χ0n) is 12.5. The average Bonchev–Trinajstić information content (AvgIpc) is 2.54. The lowest BCUT2D eigenvalue weighted by Gasteiger charge is -2.32. The van der Waals surface area contributed by atoms with Gasteiger partial charge in [0.15, 0.2) is 0 Å². The van der Waals surface area contributed by atoms with Crippen molar-refractivity contribution >= 4 is 45.3 Å². The Balaban J connectivity index is 1.88. The molecule has 24 heavy (non-hydrogen) atoms. The summed E-state index contributed by atoms with van der Waals surface area (Å²) in [4.78, 5) is 29.5. The van der Waals surface area contributed by atoms with Gasteiger partial charge in [0.1, 0.15) is 5.82 Å². The Labute approximate surface area is 149 Å². The molecule has 1 unspecified atom stereocenters. The first-order chi connectivity index (χ1) is 11.2. The molecule has 5 nitrogen and oxygen atoms in total. The van der Waals surface area contributed by atoms with Gasteiger partial charge in [0.25, 0.3) is 0 Å². The molecule has 0 saturated carbocycles. The highest BCUT2D eigenvalue weighted by Crippen LogP contribution is 2.30. The highest BCUT2D eigenvalue weighted by molar-refractivity contribution is 9.10. The van der Waals surface area contributed by atoms with E-state index >= 15 is 0 Å². The standard InChI is InChI=1S/C14H15BrF3N3O2S/c15-10-3-4-11(19-6-10)20-13(23)9-2-1-5-21(7-9)12(22)8-24-14(16,17)18/h3-4,6,9H,1-2,5,7-8H2,(H,19,20,23). The van der Waals surface area contributed by atoms with E-state index in [0.717, 1.165) is 4.47 Å². The fourth-order valence-electron chi connectivity index (χ4n) is 2.33. The summed E-state index contributed by atoms with van der Waals surface area (Å²) in [6, 6.07) is 3.36. The third-order valence-corrected chi connectivity index (χ3v) is 4.67. The van der Waals surface area contributed by atoms with Crippen molar-refractivity contribution in [1.29, 1.82) is 0 Å². The second-order valence-corrected chi connectivity index (χ2v) is 7.22. The van der Waals surface area contributed by atoms with Gasteiger partial charge in [-0.25, -0.2) is 4.98 Å². The van der Waals surface area contributed by atoms with Gasteiger partial charge in [-0.05, 0) is 52.7 Å². The van der Waals surface area contributed by atoms with Crippen LogP contribution in [0.3, 0.4) is 0 Å². The molecule has 1 aromatic heterocycles. The number of halogens is 4. The predicted octanol–water partition coefficient (Wildman–Crippen LogP) is 3.27. The van der Waals surface area contributed by atoms with Crippen molar-refractivity contribution in [1.82, 2.24) is 9.88 Å². The van der Waals surface area contributed by atoms with Crippen molar-refractivity contribution in [2.24, 2.45) is 5.92 Å². The van der Waals surface area contributed by atoms with E-state index in [4.69, 9.17) is 0 Å². The van der Waals surface area contributed by atoms with Crippen LogP contribution in [-0.2, 0) is 9.59 Å². The van der Waals surface area contributed by atoms with Gasteiger partial charge in [0.05, 0.1) is 11.7 Å². The molecule has 1 fully saturated rings. The van der Waals surface area contributed by atoms with Crippen LogP contribution in [0.2, 0.25) is 0 Å². The van der Waals surface area contributed by atoms with E-state index in [2.05, 4.69) is 26.2 Å². The van der Waals surface area contributed by atoms with E-state index in [-0.39, 0.29) is 24.2 Å². The quantitative estimate of drug-likeness (QED) is 0.803. The summed E-state index contributed by atoms with van der Waals surface area (Å²) in [5, 5.41) is 2.66. The molecule has 1 saturated heterocycles. The lowest BCUT2D eigenvalue weighted by molar-refractivity contribution is -0.132. The zero-order chi connectivity index (χ0) is 17.7. The SMILES string of the molecule is O=C(Nc1ccc(Br)cn1)C1CCCN(C(=O)CSC(F)(F)F)C1. The molecule has 1 atom stereocenters. The van der Waals surface area contributed by atoms with Crippen LogP contribution in [-0.4, -0.2) is 46.0 Å². The number of anilines is 1. The van der Waals surface area contributed by atoms with Crippen molar-refractivity contribution in [3.05, 3.63) is 22.8 Å². The fraction of sp³-hybridized carbons (Fsp3) is 0.500. The molecule has 0 bridgehead atoms. The predicted molar refractivity (Wildman–Crippen MR) is 88.4 cm³/mol. The van der Waals surface area contributed by atoms with Crippen molar-refractivity contribution in [3.8, 4) is 0 Å². The number of rotatable bonds is 4. The van der Waals surface area contributed by atoms with Crippen molar-refractivity contribution in [3.63, 3.8) is 0 Å². The van der Waals surface area contributed by atoms with E-state index in [1.54, 1.807) is 18.3 Å². The number of amides is 2. The first-order valence-electron chi connectivity index (χ1n) is 7.15. The Morgan fingerprint density at radius 2 is 2.17 bits per heavy atom. The van der Waals surface area contributed by atoms with Crippen LogP contribution in [0.25, 0.3) is 0 Å². The number of thioether (sulfide) groups is 1. The third-order valence-electron chi connectivity index (χ3n) is 3.48. The normalized spacial score (nSPS) is 18.3. The minimum atomic E-state index is -4.44. The maximum atomic E-state index is 12.3. The molecule has 0 aliphatic carbocycles. The van der Waals surface area contributed by atoms with Crippen LogP contribution in [0.1, 0.15) is 12.8 Å². The summed E-state index contributed by atoms with van der Waals surface area (Å²) in [5.41, 5.74) is -4.44. The maximum Gasteiger partial charge on any atom is 0.442 e. The number of carbonyl (C=O) groups is 2. The number of pyridine rings is 1. The molecule has 1 N–H and O–H groups in total. The second-order valence-electron chi connectivity index (χ2n) is 5.26. The summed E-state index contributed by atoms with van der Waals surface area (Å²) in [7, 11) is 0. The number of nitrogens with zero attached hydrogens (tertiary/aromatic N) is 2. The van der Waals surface area contributed by atoms with Gasteiger partial charge in [0.2, 0.25) is 11.8 Å². The largest absolute Gasteiger partial charge is 0.442 e. The Morgan fingerprint density at radius 3 is 2.79 bits per heavy atom. The molecule has 132 valence electrons. The van der Waals surface area contributed by atoms with E-state index < -0.39 is 23.1 Å². The number of alkyl halides is 3. The maximum absolute atomic E-state index is 12.3. The van der Waals surface area contributed by atoms with Gasteiger partial charge < -0.3 is 10.2 Å². The first kappa shape index (κ1) is 19.0. The van der Waals surface area contributed by atoms with Crippen LogP contribution >= 0.6 is 27.7 Å². The molecule has 0 spiro atoms. The van der Waals surface area contributed by atoms with Gasteiger partial charge >= 0.3 is 5.51 Å². The number of aromatic nitrogens is 1. The third kappa shape index (κ3) is 5.97. The number of piperidine rings is 1. The fourth-order valence-corrected chi connectivity index (χ4v) is 3.03. The molecule has 2 amide bonds. The highest BCUT2D eigenvalue weighted by atomic mass is 79.9. The molecule has 2 rings (SSSR count). The van der Waals surface area contributed by atoms with Gasteiger partial charge in [-0.1, -0.05) is 0 Å². The Kier molecular flexibility index (Phi) is 6.50. The molecule has 1 aliphatic rings. The summed E-state index contributed by atoms with van der Waals surface area (Å²) >= 11 is 2.88. The molecule has 10 heteroatoms. The minimum absolute atomic E-state index is 0.125. The van der Waals surface area contributed by atoms with Crippen LogP contribution in [0, 0.1) is 5.92 Å². The second kappa shape index (κ2) is 8.19. The van der Waals surface area contributed by atoms with Crippen LogP contribution in [0.15, 0.2) is 22.8 Å². The van der Waals surface area contributed by atoms with Crippen LogP contribution in [0.4, 0.5) is 19.0 Å².